The first-order chi connectivity index (χ1) is 4.50. The van der Waals surface area contributed by atoms with Crippen molar-refractivity contribution in [2.45, 2.75) is 19.6 Å². The summed E-state index contributed by atoms with van der Waals surface area (Å²) in [7, 11) is -1.67. The minimum absolute atomic E-state index is 1.67. The zero-order valence-electron chi connectivity index (χ0n) is 6.59. The Hall–Kier alpha value is 1.77. The Morgan fingerprint density at radius 1 is 0.909 bits per heavy atom. The van der Waals surface area contributed by atoms with E-state index in [1.165, 1.54) is 0 Å². The molecule has 0 saturated heterocycles. The van der Waals surface area contributed by atoms with Crippen molar-refractivity contribution in [1.82, 2.24) is 0 Å². The largest absolute Gasteiger partial charge is 0.355 e. The molecule has 0 rings (SSSR count). The van der Waals surface area contributed by atoms with Crippen molar-refractivity contribution in [3.05, 3.63) is 0 Å². The number of rotatable bonds is 2. The lowest BCUT2D eigenvalue weighted by Crippen LogP contribution is -2.71. The zero-order valence-corrected chi connectivity index (χ0v) is 12.6. The van der Waals surface area contributed by atoms with Crippen LogP contribution in [-0.4, -0.2) is 19.7 Å². The van der Waals surface area contributed by atoms with Crippen molar-refractivity contribution in [1.29, 1.82) is 0 Å². The normalized spacial score (nSPS) is 19.6. The van der Waals surface area contributed by atoms with Crippen molar-refractivity contribution in [3.8, 4) is 0 Å². The number of halogens is 4. The van der Waals surface area contributed by atoms with Gasteiger partial charge in [0.25, 0.3) is 6.58 Å². The Bertz CT molecular complexity index is 132. The van der Waals surface area contributed by atoms with Gasteiger partial charge in [-0.1, -0.05) is 19.6 Å². The molecule has 8 heteroatoms. The molecule has 0 aromatic carbocycles. The average molecular weight is 287 g/mol. The van der Waals surface area contributed by atoms with Crippen LogP contribution in [-0.2, 0) is 0 Å². The maximum Gasteiger partial charge on any atom is 0.355 e. The van der Waals surface area contributed by atoms with Gasteiger partial charge in [-0.05, 0) is 0 Å². The van der Waals surface area contributed by atoms with Gasteiger partial charge in [0.05, 0.1) is 7.59 Å². The molecule has 1 unspecified atom stereocenters. The molecule has 0 spiro atoms. The van der Waals surface area contributed by atoms with E-state index in [-0.39, 0.29) is 0 Å². The summed E-state index contributed by atoms with van der Waals surface area (Å²) in [6.07, 6.45) is 0. The lowest BCUT2D eigenvalue weighted by Gasteiger charge is -2.35. The van der Waals surface area contributed by atoms with E-state index in [1.807, 2.05) is 19.6 Å². The summed E-state index contributed by atoms with van der Waals surface area (Å²) in [4.78, 5) is 0. The van der Waals surface area contributed by atoms with Crippen molar-refractivity contribution in [3.63, 3.8) is 0 Å². The highest BCUT2D eigenvalue weighted by molar-refractivity contribution is 8.05. The van der Waals surface area contributed by atoms with Crippen LogP contribution in [0.2, 0.25) is 19.6 Å². The molecule has 1 atom stereocenters. The first-order valence-electron chi connectivity index (χ1n) is 3.04. The molecule has 0 aromatic heterocycles. The topological polar surface area (TPSA) is 26.0 Å². The minimum atomic E-state index is -2.86. The van der Waals surface area contributed by atoms with Crippen LogP contribution in [0.1, 0.15) is 0 Å². The molecule has 11 heavy (non-hydrogen) atoms. The summed E-state index contributed by atoms with van der Waals surface area (Å²) in [6, 6.07) is 0. The molecule has 0 amide bonds. The minimum Gasteiger partial charge on any atom is -0.340 e. The molecule has 0 bridgehead atoms. The van der Waals surface area contributed by atoms with E-state index >= 15 is 0 Å². The van der Waals surface area contributed by atoms with E-state index in [2.05, 4.69) is 0 Å². The highest BCUT2D eigenvalue weighted by atomic mass is 35.9. The van der Waals surface area contributed by atoms with E-state index in [0.29, 0.717) is 0 Å². The molecule has 0 aromatic rings. The fourth-order valence-electron chi connectivity index (χ4n) is 0.425. The molecule has 1 nitrogen and oxygen atoms in total. The summed E-state index contributed by atoms with van der Waals surface area (Å²) in [5, 5.41) is 5.90. The van der Waals surface area contributed by atoms with Gasteiger partial charge in [0.15, 0.2) is 0 Å². The molecule has 0 heterocycles. The second-order valence-electron chi connectivity index (χ2n) is 3.46. The van der Waals surface area contributed by atoms with Gasteiger partial charge < -0.3 is 5.40 Å². The van der Waals surface area contributed by atoms with Crippen LogP contribution in [0, 0.1) is 0 Å². The van der Waals surface area contributed by atoms with Crippen LogP contribution in [0.5, 0.6) is 0 Å². The lowest BCUT2D eigenvalue weighted by atomic mass is 11.8. The Balaban J connectivity index is 4.75. The summed E-state index contributed by atoms with van der Waals surface area (Å²) < 4.78 is 0. The van der Waals surface area contributed by atoms with Gasteiger partial charge in [-0.3, -0.25) is 0 Å². The molecular weight excluding hydrogens is 276 g/mol. The molecular formula is C3H11Cl4NSi3. The number of hydrogen-bond donors (Lipinski definition) is 1. The fraction of sp³-hybridized carbons (Fsp3) is 1.00. The highest BCUT2D eigenvalue weighted by Gasteiger charge is 2.59. The van der Waals surface area contributed by atoms with Crippen LogP contribution in [0.15, 0.2) is 0 Å². The van der Waals surface area contributed by atoms with Crippen molar-refractivity contribution < 1.29 is 0 Å². The van der Waals surface area contributed by atoms with E-state index in [1.54, 1.807) is 0 Å². The third kappa shape index (κ3) is 2.87. The van der Waals surface area contributed by atoms with Gasteiger partial charge in [-0.2, -0.15) is 0 Å². The van der Waals surface area contributed by atoms with Gasteiger partial charge in [0, 0.05) is 0 Å². The lowest BCUT2D eigenvalue weighted by molar-refractivity contribution is 1.77. The van der Waals surface area contributed by atoms with Gasteiger partial charge in [-0.25, -0.2) is 0 Å². The molecule has 68 valence electrons. The van der Waals surface area contributed by atoms with Crippen molar-refractivity contribution >= 4 is 64.0 Å². The van der Waals surface area contributed by atoms with Gasteiger partial charge in [-0.15, -0.1) is 44.3 Å². The van der Waals surface area contributed by atoms with Gasteiger partial charge in [0.2, 0.25) is 0 Å². The quantitative estimate of drug-likeness (QED) is 0.613. The first kappa shape index (κ1) is 12.8. The molecule has 0 aliphatic heterocycles. The third-order valence-electron chi connectivity index (χ3n) is 1.50. The Morgan fingerprint density at radius 2 is 1.18 bits per heavy atom. The smallest absolute Gasteiger partial charge is 0.340 e. The molecule has 2 N–H and O–H groups in total. The van der Waals surface area contributed by atoms with E-state index in [0.717, 1.165) is 0 Å². The average Bonchev–Trinajstić information content (AvgIpc) is 1.58. The molecule has 0 aliphatic rings. The molecule has 0 radical (unpaired) electrons. The summed E-state index contributed by atoms with van der Waals surface area (Å²) in [5.74, 6) is 0. The standard InChI is InChI=1S/C3H11Cl4NSi3/c1-9(2,3)11(7,8)10(4,5)6/h8H2,1-3H3. The Morgan fingerprint density at radius 3 is 1.18 bits per heavy atom. The SMILES string of the molecule is C[Si](C)(C)[Si](N)(Cl)[Si](Cl)(Cl)Cl. The summed E-state index contributed by atoms with van der Waals surface area (Å²) >= 11 is 23.6. The highest BCUT2D eigenvalue weighted by Crippen LogP contribution is 2.36. The molecule has 0 fully saturated rings. The van der Waals surface area contributed by atoms with Crippen molar-refractivity contribution in [2.75, 3.05) is 0 Å². The second kappa shape index (κ2) is 3.49. The van der Waals surface area contributed by atoms with Gasteiger partial charge >= 0.3 is 5.52 Å². The van der Waals surface area contributed by atoms with E-state index in [9.17, 15) is 0 Å². The van der Waals surface area contributed by atoms with Crippen LogP contribution < -0.4 is 5.40 Å². The van der Waals surface area contributed by atoms with Crippen LogP contribution >= 0.6 is 44.3 Å². The van der Waals surface area contributed by atoms with Crippen LogP contribution in [0.4, 0.5) is 0 Å². The predicted molar refractivity (Wildman–Crippen MR) is 62.5 cm³/mol. The van der Waals surface area contributed by atoms with Crippen LogP contribution in [0.25, 0.3) is 0 Å². The van der Waals surface area contributed by atoms with E-state index in [4.69, 9.17) is 49.7 Å². The maximum atomic E-state index is 6.13. The fourth-order valence-corrected chi connectivity index (χ4v) is 34.4. The monoisotopic (exact) mass is 285 g/mol. The second-order valence-corrected chi connectivity index (χ2v) is 36.7. The van der Waals surface area contributed by atoms with Crippen LogP contribution in [0.3, 0.4) is 0 Å². The predicted octanol–water partition coefficient (Wildman–Crippen LogP) is 2.78. The molecule has 0 aliphatic carbocycles. The number of nitrogens with two attached hydrogens (primary N) is 1. The Kier molecular flexibility index (Phi) is 4.06. The number of hydrogen-bond acceptors (Lipinski definition) is 1. The van der Waals surface area contributed by atoms with Gasteiger partial charge in [0.1, 0.15) is 0 Å². The third-order valence-corrected chi connectivity index (χ3v) is 46.3. The maximum absolute atomic E-state index is 6.13. The molecule has 0 saturated carbocycles. The Labute approximate surface area is 88.6 Å². The summed E-state index contributed by atoms with van der Waals surface area (Å²) in [6.45, 7) is 3.57. The summed E-state index contributed by atoms with van der Waals surface area (Å²) in [5.41, 5.74) is -2.86. The first-order valence-corrected chi connectivity index (χ1v) is 16.7. The zero-order chi connectivity index (χ0) is 9.50. The van der Waals surface area contributed by atoms with Crippen molar-refractivity contribution in [2.24, 2.45) is 5.40 Å². The van der Waals surface area contributed by atoms with E-state index < -0.39 is 19.7 Å².